The molecule has 14 heteroatoms. The molecule has 3 aromatic rings. The standard InChI is InChI=1S/C23H18Cl2F3N3O5S/c1-37(34,35)21-19(22(32)33)30-31(20(21)14-5-7-15(24)8-6-14)17-9-4-13(11-16(17)25)3-2-10-36-12-18(29)23(26,27)28/h4-9,11,18H,10,12,29H2,1H3,(H,32,33)/p-1. The number of alkyl halides is 3. The van der Waals surface area contributed by atoms with E-state index < -0.39 is 45.2 Å². The van der Waals surface area contributed by atoms with Gasteiger partial charge in [-0.25, -0.2) is 13.1 Å². The molecule has 0 saturated heterocycles. The van der Waals surface area contributed by atoms with Crippen LogP contribution in [0.3, 0.4) is 0 Å². The Bertz CT molecular complexity index is 1490. The van der Waals surface area contributed by atoms with Gasteiger partial charge in [-0.1, -0.05) is 47.2 Å². The molecule has 37 heavy (non-hydrogen) atoms. The molecule has 1 aromatic heterocycles. The zero-order chi connectivity index (χ0) is 27.5. The highest BCUT2D eigenvalue weighted by Crippen LogP contribution is 2.35. The molecular weight excluding hydrogens is 558 g/mol. The Morgan fingerprint density at radius 2 is 1.86 bits per heavy atom. The van der Waals surface area contributed by atoms with Gasteiger partial charge < -0.3 is 20.4 Å². The van der Waals surface area contributed by atoms with Gasteiger partial charge in [0.2, 0.25) is 0 Å². The molecule has 0 aliphatic heterocycles. The van der Waals surface area contributed by atoms with Gasteiger partial charge in [0.05, 0.1) is 29.0 Å². The SMILES string of the molecule is CS(=O)(=O)c1c(C(=O)[O-])nn(-c2ccc(C#CCOCC(N)C(F)(F)F)cc2Cl)c1-c1ccc(Cl)cc1. The van der Waals surface area contributed by atoms with E-state index in [2.05, 4.69) is 16.9 Å². The molecule has 2 aromatic carbocycles. The molecule has 0 amide bonds. The fourth-order valence-corrected chi connectivity index (χ4v) is 4.57. The first-order chi connectivity index (χ1) is 17.2. The number of carbonyl (C=O) groups is 1. The highest BCUT2D eigenvalue weighted by atomic mass is 35.5. The number of carboxylic acids is 1. The lowest BCUT2D eigenvalue weighted by Crippen LogP contribution is -2.41. The first-order valence-electron chi connectivity index (χ1n) is 10.2. The first kappa shape index (κ1) is 28.5. The zero-order valence-electron chi connectivity index (χ0n) is 18.8. The minimum atomic E-state index is -4.58. The Labute approximate surface area is 219 Å². The summed E-state index contributed by atoms with van der Waals surface area (Å²) in [6, 6.07) is 8.11. The van der Waals surface area contributed by atoms with Gasteiger partial charge in [0.25, 0.3) is 0 Å². The number of aromatic nitrogens is 2. The van der Waals surface area contributed by atoms with Crippen LogP contribution in [-0.2, 0) is 14.6 Å². The number of halogens is 5. The number of hydrogen-bond acceptors (Lipinski definition) is 7. The predicted octanol–water partition coefficient (Wildman–Crippen LogP) is 2.87. The number of hydrogen-bond donors (Lipinski definition) is 1. The van der Waals surface area contributed by atoms with Gasteiger partial charge >= 0.3 is 6.18 Å². The summed E-state index contributed by atoms with van der Waals surface area (Å²) >= 11 is 12.3. The maximum absolute atomic E-state index is 12.6. The highest BCUT2D eigenvalue weighted by molar-refractivity contribution is 7.91. The van der Waals surface area contributed by atoms with Crippen LogP contribution in [-0.4, -0.2) is 55.9 Å². The van der Waals surface area contributed by atoms with Crippen LogP contribution in [0, 0.1) is 11.8 Å². The van der Waals surface area contributed by atoms with Crippen LogP contribution in [0.1, 0.15) is 16.1 Å². The lowest BCUT2D eigenvalue weighted by Gasteiger charge is -2.14. The monoisotopic (exact) mass is 574 g/mol. The van der Waals surface area contributed by atoms with Crippen molar-refractivity contribution in [2.24, 2.45) is 5.73 Å². The second-order valence-electron chi connectivity index (χ2n) is 7.64. The maximum Gasteiger partial charge on any atom is 0.405 e. The van der Waals surface area contributed by atoms with Crippen LogP contribution in [0.25, 0.3) is 16.9 Å². The summed E-state index contributed by atoms with van der Waals surface area (Å²) in [6.45, 7) is -1.08. The number of ether oxygens (including phenoxy) is 1. The number of carboxylic acid groups (broad SMARTS) is 1. The molecule has 0 aliphatic carbocycles. The van der Waals surface area contributed by atoms with Gasteiger partial charge in [-0.3, -0.25) is 0 Å². The van der Waals surface area contributed by atoms with Crippen molar-refractivity contribution in [2.45, 2.75) is 17.1 Å². The topological polar surface area (TPSA) is 127 Å². The van der Waals surface area contributed by atoms with E-state index in [9.17, 15) is 31.5 Å². The second kappa shape index (κ2) is 11.1. The average molecular weight is 575 g/mol. The molecule has 2 N–H and O–H groups in total. The van der Waals surface area contributed by atoms with E-state index >= 15 is 0 Å². The minimum absolute atomic E-state index is 0.0227. The molecule has 0 aliphatic rings. The summed E-state index contributed by atoms with van der Waals surface area (Å²) < 4.78 is 68.2. The van der Waals surface area contributed by atoms with Gasteiger partial charge in [0, 0.05) is 22.4 Å². The molecule has 0 saturated carbocycles. The van der Waals surface area contributed by atoms with Crippen LogP contribution in [0.4, 0.5) is 13.2 Å². The van der Waals surface area contributed by atoms with Crippen LogP contribution in [0.15, 0.2) is 47.4 Å². The van der Waals surface area contributed by atoms with Crippen molar-refractivity contribution in [3.63, 3.8) is 0 Å². The van der Waals surface area contributed by atoms with Crippen molar-refractivity contribution in [3.05, 3.63) is 63.8 Å². The third-order valence-corrected chi connectivity index (χ3v) is 6.51. The van der Waals surface area contributed by atoms with Crippen LogP contribution >= 0.6 is 23.2 Å². The second-order valence-corrected chi connectivity index (χ2v) is 10.4. The molecule has 0 bridgehead atoms. The number of nitrogens with two attached hydrogens (primary N) is 1. The Balaban J connectivity index is 2.01. The lowest BCUT2D eigenvalue weighted by molar-refractivity contribution is -0.255. The van der Waals surface area contributed by atoms with E-state index in [1.54, 1.807) is 0 Å². The van der Waals surface area contributed by atoms with Crippen molar-refractivity contribution in [1.29, 1.82) is 0 Å². The molecular formula is C23H17Cl2F3N3O5S-. The van der Waals surface area contributed by atoms with Gasteiger partial charge in [0.1, 0.15) is 23.2 Å². The summed E-state index contributed by atoms with van der Waals surface area (Å²) in [5.74, 6) is 3.39. The smallest absolute Gasteiger partial charge is 0.405 e. The van der Waals surface area contributed by atoms with E-state index in [4.69, 9.17) is 33.7 Å². The number of carbonyl (C=O) groups excluding carboxylic acids is 1. The number of benzene rings is 2. The molecule has 1 unspecified atom stereocenters. The van der Waals surface area contributed by atoms with Gasteiger partial charge in [-0.15, -0.1) is 0 Å². The van der Waals surface area contributed by atoms with Crippen LogP contribution in [0.2, 0.25) is 10.0 Å². The predicted molar refractivity (Wildman–Crippen MR) is 128 cm³/mol. The lowest BCUT2D eigenvalue weighted by atomic mass is 10.1. The largest absolute Gasteiger partial charge is 0.543 e. The highest BCUT2D eigenvalue weighted by Gasteiger charge is 2.36. The summed E-state index contributed by atoms with van der Waals surface area (Å²) in [5, 5.41) is 16.1. The Morgan fingerprint density at radius 1 is 1.22 bits per heavy atom. The quantitative estimate of drug-likeness (QED) is 0.339. The molecule has 196 valence electrons. The van der Waals surface area contributed by atoms with E-state index in [0.717, 1.165) is 10.9 Å². The maximum atomic E-state index is 12.6. The summed E-state index contributed by atoms with van der Waals surface area (Å²) in [5.41, 5.74) is 4.83. The molecule has 0 spiro atoms. The molecule has 3 rings (SSSR count). The van der Waals surface area contributed by atoms with Gasteiger partial charge in [-0.2, -0.15) is 18.3 Å². The molecule has 8 nitrogen and oxygen atoms in total. The number of rotatable bonds is 7. The normalized spacial score (nSPS) is 12.6. The first-order valence-corrected chi connectivity index (χ1v) is 12.8. The average Bonchev–Trinajstić information content (AvgIpc) is 3.20. The molecule has 1 atom stereocenters. The minimum Gasteiger partial charge on any atom is -0.543 e. The van der Waals surface area contributed by atoms with E-state index in [1.807, 2.05) is 0 Å². The molecule has 0 fully saturated rings. The van der Waals surface area contributed by atoms with Crippen molar-refractivity contribution in [2.75, 3.05) is 19.5 Å². The van der Waals surface area contributed by atoms with Crippen molar-refractivity contribution in [1.82, 2.24) is 9.78 Å². The third kappa shape index (κ3) is 6.82. The molecule has 0 radical (unpaired) electrons. The zero-order valence-corrected chi connectivity index (χ0v) is 21.2. The third-order valence-electron chi connectivity index (χ3n) is 4.82. The van der Waals surface area contributed by atoms with E-state index in [0.29, 0.717) is 16.1 Å². The van der Waals surface area contributed by atoms with E-state index in [-0.39, 0.29) is 23.0 Å². The molecule has 1 heterocycles. The Kier molecular flexibility index (Phi) is 8.56. The number of nitrogens with zero attached hydrogens (tertiary/aromatic N) is 2. The summed E-state index contributed by atoms with van der Waals surface area (Å²) in [4.78, 5) is 11.2. The van der Waals surface area contributed by atoms with Crippen LogP contribution < -0.4 is 10.8 Å². The van der Waals surface area contributed by atoms with E-state index in [1.165, 1.54) is 42.5 Å². The Hall–Kier alpha value is -3.08. The van der Waals surface area contributed by atoms with Crippen molar-refractivity contribution < 1.29 is 36.2 Å². The van der Waals surface area contributed by atoms with Crippen molar-refractivity contribution >= 4 is 39.0 Å². The van der Waals surface area contributed by atoms with Gasteiger partial charge in [-0.05, 0) is 30.3 Å². The van der Waals surface area contributed by atoms with Crippen molar-refractivity contribution in [3.8, 4) is 28.8 Å². The summed E-state index contributed by atoms with van der Waals surface area (Å²) in [6.07, 6.45) is -3.74. The summed E-state index contributed by atoms with van der Waals surface area (Å²) in [7, 11) is -4.10. The van der Waals surface area contributed by atoms with Gasteiger partial charge in [0.15, 0.2) is 9.84 Å². The fraction of sp³-hybridized carbons (Fsp3) is 0.217. The number of aromatic carboxylic acids is 1. The fourth-order valence-electron chi connectivity index (χ4n) is 3.15. The van der Waals surface area contributed by atoms with Crippen LogP contribution in [0.5, 0.6) is 0 Å². The Morgan fingerprint density at radius 3 is 2.41 bits per heavy atom. The number of sulfone groups is 1.